The van der Waals surface area contributed by atoms with Gasteiger partial charge < -0.3 is 9.32 Å². The standard InChI is InChI=1S/C64H45NO/c1-63(2)56-24-12-9-20-50(56)53-38-36-48(40-60(53)63)65(47-34-32-45(33-35-47)44-30-28-43(29-31-44)42-16-5-3-6-17-42)49-37-39-54-55-23-15-27-59(62(55)66-61(54)41-49)64(46-18-7-4-8-19-46)57-25-13-10-21-51(57)52-22-11-14-26-58(52)64/h3-41H,1-2H3. The van der Waals surface area contributed by atoms with Crippen LogP contribution in [0.5, 0.6) is 0 Å². The van der Waals surface area contributed by atoms with Gasteiger partial charge in [0.2, 0.25) is 0 Å². The van der Waals surface area contributed by atoms with Gasteiger partial charge in [0.25, 0.3) is 0 Å². The van der Waals surface area contributed by atoms with E-state index in [0.29, 0.717) is 0 Å². The third-order valence-electron chi connectivity index (χ3n) is 14.6. The highest BCUT2D eigenvalue weighted by molar-refractivity contribution is 6.08. The van der Waals surface area contributed by atoms with Crippen LogP contribution in [0.1, 0.15) is 47.2 Å². The minimum atomic E-state index is -0.574. The Morgan fingerprint density at radius 2 is 0.803 bits per heavy atom. The van der Waals surface area contributed by atoms with E-state index in [0.717, 1.165) is 44.6 Å². The molecule has 0 saturated heterocycles. The van der Waals surface area contributed by atoms with Gasteiger partial charge in [-0.3, -0.25) is 0 Å². The van der Waals surface area contributed by atoms with Crippen molar-refractivity contribution in [3.05, 3.63) is 270 Å². The van der Waals surface area contributed by atoms with Gasteiger partial charge in [0.15, 0.2) is 0 Å². The fourth-order valence-corrected chi connectivity index (χ4v) is 11.5. The summed E-state index contributed by atoms with van der Waals surface area (Å²) in [5.74, 6) is 0. The number of benzene rings is 10. The summed E-state index contributed by atoms with van der Waals surface area (Å²) in [6.07, 6.45) is 0. The predicted molar refractivity (Wildman–Crippen MR) is 274 cm³/mol. The highest BCUT2D eigenvalue weighted by atomic mass is 16.3. The largest absolute Gasteiger partial charge is 0.456 e. The van der Waals surface area contributed by atoms with E-state index in [2.05, 4.69) is 255 Å². The fraction of sp³-hybridized carbons (Fsp3) is 0.0625. The second-order valence-electron chi connectivity index (χ2n) is 18.4. The highest BCUT2D eigenvalue weighted by Gasteiger charge is 2.47. The zero-order valence-corrected chi connectivity index (χ0v) is 36.9. The maximum absolute atomic E-state index is 7.28. The van der Waals surface area contributed by atoms with Crippen molar-refractivity contribution < 1.29 is 4.42 Å². The van der Waals surface area contributed by atoms with E-state index < -0.39 is 5.41 Å². The summed E-state index contributed by atoms with van der Waals surface area (Å²) in [5, 5.41) is 2.20. The average Bonchev–Trinajstić information content (AvgIpc) is 3.98. The van der Waals surface area contributed by atoms with Gasteiger partial charge in [0.05, 0.1) is 5.41 Å². The second-order valence-corrected chi connectivity index (χ2v) is 18.4. The molecule has 0 radical (unpaired) electrons. The molecular weight excluding hydrogens is 799 g/mol. The Balaban J connectivity index is 0.975. The monoisotopic (exact) mass is 843 g/mol. The average molecular weight is 844 g/mol. The Morgan fingerprint density at radius 1 is 0.333 bits per heavy atom. The molecule has 2 heteroatoms. The minimum Gasteiger partial charge on any atom is -0.456 e. The van der Waals surface area contributed by atoms with Crippen LogP contribution in [0.15, 0.2) is 241 Å². The topological polar surface area (TPSA) is 16.4 Å². The first-order chi connectivity index (χ1) is 32.5. The number of nitrogens with zero attached hydrogens (tertiary/aromatic N) is 1. The fourth-order valence-electron chi connectivity index (χ4n) is 11.5. The summed E-state index contributed by atoms with van der Waals surface area (Å²) >= 11 is 0. The van der Waals surface area contributed by atoms with Crippen LogP contribution in [0.4, 0.5) is 17.1 Å². The Morgan fingerprint density at radius 3 is 1.45 bits per heavy atom. The van der Waals surface area contributed by atoms with E-state index in [1.165, 1.54) is 72.3 Å². The number of furan rings is 1. The van der Waals surface area contributed by atoms with Crippen molar-refractivity contribution in [1.82, 2.24) is 0 Å². The van der Waals surface area contributed by atoms with Crippen molar-refractivity contribution in [2.45, 2.75) is 24.7 Å². The normalized spacial score (nSPS) is 13.8. The number of para-hydroxylation sites is 1. The molecular formula is C64H45NO. The van der Waals surface area contributed by atoms with Gasteiger partial charge in [-0.15, -0.1) is 0 Å². The van der Waals surface area contributed by atoms with Gasteiger partial charge in [0.1, 0.15) is 11.2 Å². The summed E-state index contributed by atoms with van der Waals surface area (Å²) in [5.41, 5.74) is 21.8. The molecule has 0 unspecified atom stereocenters. The molecule has 13 rings (SSSR count). The van der Waals surface area contributed by atoms with Crippen molar-refractivity contribution in [3.63, 3.8) is 0 Å². The van der Waals surface area contributed by atoms with Crippen molar-refractivity contribution in [2.75, 3.05) is 4.90 Å². The molecule has 2 aliphatic carbocycles. The van der Waals surface area contributed by atoms with Crippen LogP contribution >= 0.6 is 0 Å². The smallest absolute Gasteiger partial charge is 0.140 e. The molecule has 1 aromatic heterocycles. The SMILES string of the molecule is CC1(C)c2ccccc2-c2ccc(N(c3ccc(-c4ccc(-c5ccccc5)cc4)cc3)c3ccc4c(c3)oc3c(C5(c6ccccc6)c6ccccc6-c6ccccc65)cccc34)cc21. The van der Waals surface area contributed by atoms with E-state index in [1.54, 1.807) is 0 Å². The van der Waals surface area contributed by atoms with Crippen molar-refractivity contribution >= 4 is 39.0 Å². The van der Waals surface area contributed by atoms with Crippen LogP contribution in [0.25, 0.3) is 66.4 Å². The lowest BCUT2D eigenvalue weighted by Gasteiger charge is -2.33. The van der Waals surface area contributed by atoms with E-state index in [4.69, 9.17) is 4.42 Å². The third kappa shape index (κ3) is 5.61. The zero-order chi connectivity index (χ0) is 44.0. The Hall–Kier alpha value is -8.20. The van der Waals surface area contributed by atoms with Crippen molar-refractivity contribution in [1.29, 1.82) is 0 Å². The summed E-state index contributed by atoms with van der Waals surface area (Å²) in [4.78, 5) is 2.39. The molecule has 10 aromatic carbocycles. The van der Waals surface area contributed by atoms with E-state index >= 15 is 0 Å². The number of fused-ring (bicyclic) bond motifs is 9. The highest BCUT2D eigenvalue weighted by Crippen LogP contribution is 2.58. The first-order valence-electron chi connectivity index (χ1n) is 23.0. The number of hydrogen-bond acceptors (Lipinski definition) is 2. The molecule has 1 heterocycles. The number of rotatable bonds is 7. The lowest BCUT2D eigenvalue weighted by atomic mass is 9.67. The zero-order valence-electron chi connectivity index (χ0n) is 36.9. The van der Waals surface area contributed by atoms with Gasteiger partial charge in [-0.25, -0.2) is 0 Å². The molecule has 0 spiro atoms. The predicted octanol–water partition coefficient (Wildman–Crippen LogP) is 17.1. The van der Waals surface area contributed by atoms with Gasteiger partial charge in [0, 0.05) is 44.9 Å². The molecule has 0 atom stereocenters. The van der Waals surface area contributed by atoms with E-state index in [9.17, 15) is 0 Å². The van der Waals surface area contributed by atoms with Gasteiger partial charge in [-0.2, -0.15) is 0 Å². The summed E-state index contributed by atoms with van der Waals surface area (Å²) in [6.45, 7) is 4.70. The van der Waals surface area contributed by atoms with Gasteiger partial charge in [-0.1, -0.05) is 208 Å². The lowest BCUT2D eigenvalue weighted by molar-refractivity contribution is 0.648. The van der Waals surface area contributed by atoms with Crippen molar-refractivity contribution in [3.8, 4) is 44.5 Å². The quantitative estimate of drug-likeness (QED) is 0.159. The molecule has 2 nitrogen and oxygen atoms in total. The summed E-state index contributed by atoms with van der Waals surface area (Å²) in [7, 11) is 0. The van der Waals surface area contributed by atoms with Gasteiger partial charge in [-0.05, 0) is 109 Å². The van der Waals surface area contributed by atoms with E-state index in [-0.39, 0.29) is 5.41 Å². The third-order valence-corrected chi connectivity index (χ3v) is 14.6. The molecule has 312 valence electrons. The molecule has 2 aliphatic rings. The Labute approximate surface area is 385 Å². The molecule has 11 aromatic rings. The first kappa shape index (κ1) is 38.3. The summed E-state index contributed by atoms with van der Waals surface area (Å²) < 4.78 is 7.28. The van der Waals surface area contributed by atoms with Gasteiger partial charge >= 0.3 is 0 Å². The maximum atomic E-state index is 7.28. The van der Waals surface area contributed by atoms with Crippen LogP contribution in [0, 0.1) is 0 Å². The van der Waals surface area contributed by atoms with Crippen molar-refractivity contribution in [2.24, 2.45) is 0 Å². The molecule has 66 heavy (non-hydrogen) atoms. The Bertz CT molecular complexity index is 3610. The second kappa shape index (κ2) is 14.7. The van der Waals surface area contributed by atoms with Crippen LogP contribution in [-0.4, -0.2) is 0 Å². The number of hydrogen-bond donors (Lipinski definition) is 0. The summed E-state index contributed by atoms with van der Waals surface area (Å²) in [6, 6.07) is 86.6. The number of anilines is 3. The molecule has 0 saturated carbocycles. The van der Waals surface area contributed by atoms with E-state index in [1.807, 2.05) is 0 Å². The molecule has 0 aliphatic heterocycles. The maximum Gasteiger partial charge on any atom is 0.140 e. The molecule has 0 fully saturated rings. The molecule has 0 bridgehead atoms. The molecule has 0 amide bonds. The lowest BCUT2D eigenvalue weighted by Crippen LogP contribution is -2.28. The van der Waals surface area contributed by atoms with Crippen LogP contribution in [-0.2, 0) is 10.8 Å². The molecule has 0 N–H and O–H groups in total. The van der Waals surface area contributed by atoms with Crippen LogP contribution in [0.2, 0.25) is 0 Å². The van der Waals surface area contributed by atoms with Crippen LogP contribution < -0.4 is 4.90 Å². The minimum absolute atomic E-state index is 0.144. The van der Waals surface area contributed by atoms with Crippen LogP contribution in [0.3, 0.4) is 0 Å². The first-order valence-corrected chi connectivity index (χ1v) is 23.0. The Kier molecular flexibility index (Phi) is 8.51.